The predicted molar refractivity (Wildman–Crippen MR) is 97.2 cm³/mol. The topological polar surface area (TPSA) is 46.9 Å². The number of carbonyl (C=O) groups is 1. The third-order valence-electron chi connectivity index (χ3n) is 5.06. The first-order valence-electron chi connectivity index (χ1n) is 8.95. The fraction of sp³-hybridized carbons (Fsp3) is 0.500. The van der Waals surface area contributed by atoms with Gasteiger partial charge in [-0.3, -0.25) is 9.48 Å². The average molecular weight is 325 g/mol. The molecule has 24 heavy (non-hydrogen) atoms. The van der Waals surface area contributed by atoms with Crippen LogP contribution >= 0.6 is 0 Å². The van der Waals surface area contributed by atoms with Crippen molar-refractivity contribution in [2.75, 3.05) is 5.32 Å². The Morgan fingerprint density at radius 1 is 1.12 bits per heavy atom. The predicted octanol–water partition coefficient (Wildman–Crippen LogP) is 4.38. The Labute approximate surface area is 144 Å². The molecule has 1 aromatic carbocycles. The van der Waals surface area contributed by atoms with E-state index in [0.29, 0.717) is 0 Å². The summed E-state index contributed by atoms with van der Waals surface area (Å²) in [4.78, 5) is 12.5. The normalized spacial score (nSPS) is 15.5. The van der Waals surface area contributed by atoms with Crippen molar-refractivity contribution in [2.45, 2.75) is 59.4 Å². The van der Waals surface area contributed by atoms with Crippen molar-refractivity contribution in [3.8, 4) is 0 Å². The summed E-state index contributed by atoms with van der Waals surface area (Å²) in [6.07, 6.45) is 5.63. The van der Waals surface area contributed by atoms with Gasteiger partial charge >= 0.3 is 0 Å². The Balaban J connectivity index is 1.73. The van der Waals surface area contributed by atoms with Gasteiger partial charge in [-0.05, 0) is 39.2 Å². The highest BCUT2D eigenvalue weighted by atomic mass is 16.1. The van der Waals surface area contributed by atoms with Crippen LogP contribution < -0.4 is 5.32 Å². The summed E-state index contributed by atoms with van der Waals surface area (Å²) in [7, 11) is 0. The van der Waals surface area contributed by atoms with E-state index in [0.717, 1.165) is 36.5 Å². The summed E-state index contributed by atoms with van der Waals surface area (Å²) in [6.45, 7) is 6.82. The standard InChI is InChI=1S/C20H27N3O/c1-14-9-11-17(12-10-14)13-23-16(3)19(15(2)22-23)21-20(24)18-7-5-4-6-8-18/h9-12,18H,4-8,13H2,1-3H3,(H,21,24). The number of carbonyl (C=O) groups excluding carboxylic acids is 1. The van der Waals surface area contributed by atoms with Crippen molar-refractivity contribution >= 4 is 11.6 Å². The minimum atomic E-state index is 0.163. The molecule has 0 bridgehead atoms. The van der Waals surface area contributed by atoms with E-state index in [4.69, 9.17) is 0 Å². The van der Waals surface area contributed by atoms with Crippen molar-refractivity contribution in [1.82, 2.24) is 9.78 Å². The van der Waals surface area contributed by atoms with Crippen molar-refractivity contribution < 1.29 is 4.79 Å². The van der Waals surface area contributed by atoms with Gasteiger partial charge in [0.25, 0.3) is 0 Å². The first kappa shape index (κ1) is 16.7. The van der Waals surface area contributed by atoms with Gasteiger partial charge in [0.05, 0.1) is 23.6 Å². The third kappa shape index (κ3) is 3.69. The van der Waals surface area contributed by atoms with E-state index in [2.05, 4.69) is 41.6 Å². The van der Waals surface area contributed by atoms with Crippen LogP contribution in [0.3, 0.4) is 0 Å². The molecule has 1 saturated carbocycles. The summed E-state index contributed by atoms with van der Waals surface area (Å²) >= 11 is 0. The zero-order valence-electron chi connectivity index (χ0n) is 14.9. The SMILES string of the molecule is Cc1ccc(Cn2nc(C)c(NC(=O)C3CCCCC3)c2C)cc1. The summed E-state index contributed by atoms with van der Waals surface area (Å²) in [5.74, 6) is 0.328. The number of nitrogens with one attached hydrogen (secondary N) is 1. The van der Waals surface area contributed by atoms with E-state index >= 15 is 0 Å². The highest BCUT2D eigenvalue weighted by molar-refractivity contribution is 5.93. The van der Waals surface area contributed by atoms with Gasteiger partial charge in [-0.25, -0.2) is 0 Å². The maximum Gasteiger partial charge on any atom is 0.227 e. The first-order valence-corrected chi connectivity index (χ1v) is 8.95. The van der Waals surface area contributed by atoms with Crippen molar-refractivity contribution in [3.05, 3.63) is 46.8 Å². The van der Waals surface area contributed by atoms with Crippen molar-refractivity contribution in [2.24, 2.45) is 5.92 Å². The number of hydrogen-bond acceptors (Lipinski definition) is 2. The quantitative estimate of drug-likeness (QED) is 0.907. The molecule has 1 aliphatic rings. The number of aryl methyl sites for hydroxylation is 2. The first-order chi connectivity index (χ1) is 11.5. The molecule has 1 N–H and O–H groups in total. The fourth-order valence-corrected chi connectivity index (χ4v) is 3.49. The average Bonchev–Trinajstić information content (AvgIpc) is 2.85. The number of aromatic nitrogens is 2. The number of nitrogens with zero attached hydrogens (tertiary/aromatic N) is 2. The zero-order chi connectivity index (χ0) is 17.1. The molecule has 1 aliphatic carbocycles. The maximum absolute atomic E-state index is 12.5. The summed E-state index contributed by atoms with van der Waals surface area (Å²) in [5, 5.41) is 7.77. The largest absolute Gasteiger partial charge is 0.323 e. The Kier molecular flexibility index (Phi) is 5.03. The number of amides is 1. The molecule has 4 heteroatoms. The molecule has 128 valence electrons. The van der Waals surface area contributed by atoms with Crippen molar-refractivity contribution in [1.29, 1.82) is 0 Å². The second kappa shape index (κ2) is 7.20. The summed E-state index contributed by atoms with van der Waals surface area (Å²) in [5.41, 5.74) is 5.28. The minimum absolute atomic E-state index is 0.163. The molecule has 0 aliphatic heterocycles. The van der Waals surface area contributed by atoms with Crippen LogP contribution in [0.1, 0.15) is 54.6 Å². The Hall–Kier alpha value is -2.10. The Morgan fingerprint density at radius 2 is 1.79 bits per heavy atom. The van der Waals surface area contributed by atoms with E-state index in [1.165, 1.54) is 30.4 Å². The molecule has 0 spiro atoms. The lowest BCUT2D eigenvalue weighted by Crippen LogP contribution is -2.25. The Bertz CT molecular complexity index is 709. The summed E-state index contributed by atoms with van der Waals surface area (Å²) < 4.78 is 1.98. The van der Waals surface area contributed by atoms with Crippen LogP contribution in [0, 0.1) is 26.7 Å². The molecule has 0 saturated heterocycles. The van der Waals surface area contributed by atoms with Crippen LogP contribution in [0.25, 0.3) is 0 Å². The van der Waals surface area contributed by atoms with Gasteiger partial charge in [0.2, 0.25) is 5.91 Å². The fourth-order valence-electron chi connectivity index (χ4n) is 3.49. The molecular weight excluding hydrogens is 298 g/mol. The van der Waals surface area contributed by atoms with E-state index in [1.54, 1.807) is 0 Å². The second-order valence-electron chi connectivity index (χ2n) is 7.01. The van der Waals surface area contributed by atoms with Gasteiger partial charge in [0.15, 0.2) is 0 Å². The van der Waals surface area contributed by atoms with Crippen LogP contribution in [0.5, 0.6) is 0 Å². The van der Waals surface area contributed by atoms with Crippen LogP contribution in [0.2, 0.25) is 0 Å². The Morgan fingerprint density at radius 3 is 2.46 bits per heavy atom. The zero-order valence-corrected chi connectivity index (χ0v) is 14.9. The van der Waals surface area contributed by atoms with E-state index in [9.17, 15) is 4.79 Å². The lowest BCUT2D eigenvalue weighted by Gasteiger charge is -2.20. The molecule has 0 radical (unpaired) electrons. The van der Waals surface area contributed by atoms with E-state index < -0.39 is 0 Å². The van der Waals surface area contributed by atoms with Crippen LogP contribution in [-0.2, 0) is 11.3 Å². The molecule has 1 heterocycles. The third-order valence-corrected chi connectivity index (χ3v) is 5.06. The lowest BCUT2D eigenvalue weighted by molar-refractivity contribution is -0.120. The van der Waals surface area contributed by atoms with E-state index in [1.807, 2.05) is 18.5 Å². The van der Waals surface area contributed by atoms with Gasteiger partial charge in [-0.1, -0.05) is 49.1 Å². The van der Waals surface area contributed by atoms with Crippen LogP contribution in [-0.4, -0.2) is 15.7 Å². The number of hydrogen-bond donors (Lipinski definition) is 1. The molecule has 1 amide bonds. The smallest absolute Gasteiger partial charge is 0.227 e. The van der Waals surface area contributed by atoms with Gasteiger partial charge in [-0.15, -0.1) is 0 Å². The molecule has 0 atom stereocenters. The highest BCUT2D eigenvalue weighted by Gasteiger charge is 2.23. The molecular formula is C20H27N3O. The highest BCUT2D eigenvalue weighted by Crippen LogP contribution is 2.27. The molecule has 1 fully saturated rings. The summed E-state index contributed by atoms with van der Waals surface area (Å²) in [6, 6.07) is 8.50. The van der Waals surface area contributed by atoms with Gasteiger partial charge < -0.3 is 5.32 Å². The lowest BCUT2D eigenvalue weighted by atomic mass is 9.88. The molecule has 1 aromatic heterocycles. The van der Waals surface area contributed by atoms with Crippen LogP contribution in [0.15, 0.2) is 24.3 Å². The molecule has 0 unspecified atom stereocenters. The van der Waals surface area contributed by atoms with Gasteiger partial charge in [-0.2, -0.15) is 5.10 Å². The minimum Gasteiger partial charge on any atom is -0.323 e. The second-order valence-corrected chi connectivity index (χ2v) is 7.01. The van der Waals surface area contributed by atoms with E-state index in [-0.39, 0.29) is 11.8 Å². The van der Waals surface area contributed by atoms with Crippen LogP contribution in [0.4, 0.5) is 5.69 Å². The maximum atomic E-state index is 12.5. The monoisotopic (exact) mass is 325 g/mol. The molecule has 3 rings (SSSR count). The van der Waals surface area contributed by atoms with Gasteiger partial charge in [0, 0.05) is 5.92 Å². The number of benzene rings is 1. The number of rotatable bonds is 4. The number of anilines is 1. The molecule has 4 nitrogen and oxygen atoms in total. The van der Waals surface area contributed by atoms with Gasteiger partial charge in [0.1, 0.15) is 0 Å². The van der Waals surface area contributed by atoms with Crippen molar-refractivity contribution in [3.63, 3.8) is 0 Å². The molecule has 2 aromatic rings.